The summed E-state index contributed by atoms with van der Waals surface area (Å²) in [4.78, 5) is 0. The zero-order valence-electron chi connectivity index (χ0n) is 50.9. The molecule has 0 atom stereocenters. The molecule has 0 spiro atoms. The Labute approximate surface area is 538 Å². The highest BCUT2D eigenvalue weighted by atomic mass is 15.0. The van der Waals surface area contributed by atoms with Gasteiger partial charge in [-0.3, -0.25) is 0 Å². The van der Waals surface area contributed by atoms with E-state index in [9.17, 15) is 0 Å². The SMILES string of the molecule is c1ccc(-n2c3ccccc3c3ccc(-n4c5ccc(-c6ccc7c(c6)c6ccccc6n7-c6ccc7c(c6)c6ccccc6n7-c6ccc7c(c6)c6ccccc6n7-c6ccc7ccccc7c6)cc5c5cc(-n6c7ccccc7c7ccccc76)ccc54)cc32)cc1. The summed E-state index contributed by atoms with van der Waals surface area (Å²) in [5.74, 6) is 0. The summed E-state index contributed by atoms with van der Waals surface area (Å²) in [6.07, 6.45) is 0. The van der Waals surface area contributed by atoms with Crippen molar-refractivity contribution in [3.63, 3.8) is 0 Å². The van der Waals surface area contributed by atoms with E-state index in [0.29, 0.717) is 0 Å². The second-order valence-electron chi connectivity index (χ2n) is 25.3. The Bertz CT molecular complexity index is 6740. The van der Waals surface area contributed by atoms with Crippen molar-refractivity contribution in [2.75, 3.05) is 0 Å². The molecule has 6 nitrogen and oxygen atoms in total. The van der Waals surface area contributed by atoms with Gasteiger partial charge in [-0.1, -0.05) is 176 Å². The highest BCUT2D eigenvalue weighted by Gasteiger charge is 2.23. The molecular formula is C88H54N6. The summed E-state index contributed by atoms with van der Waals surface area (Å²) in [6, 6.07) is 122. The third-order valence-corrected chi connectivity index (χ3v) is 20.3. The third-order valence-electron chi connectivity index (χ3n) is 20.3. The maximum atomic E-state index is 2.48. The number of hydrogen-bond donors (Lipinski definition) is 0. The van der Waals surface area contributed by atoms with Gasteiger partial charge in [0.25, 0.3) is 0 Å². The first-order valence-electron chi connectivity index (χ1n) is 32.4. The average Bonchev–Trinajstić information content (AvgIpc) is 1.58. The van der Waals surface area contributed by atoms with Gasteiger partial charge in [0.05, 0.1) is 66.2 Å². The van der Waals surface area contributed by atoms with Crippen LogP contribution in [0.5, 0.6) is 0 Å². The minimum absolute atomic E-state index is 1.11. The molecule has 21 aromatic rings. The van der Waals surface area contributed by atoms with Crippen molar-refractivity contribution in [2.45, 2.75) is 0 Å². The van der Waals surface area contributed by atoms with E-state index in [-0.39, 0.29) is 0 Å². The van der Waals surface area contributed by atoms with Gasteiger partial charge in [0.2, 0.25) is 0 Å². The highest BCUT2D eigenvalue weighted by molar-refractivity contribution is 6.17. The molecule has 0 amide bonds. The quantitative estimate of drug-likeness (QED) is 0.152. The Morgan fingerprint density at radius 1 is 0.128 bits per heavy atom. The second-order valence-corrected chi connectivity index (χ2v) is 25.3. The van der Waals surface area contributed by atoms with Gasteiger partial charge < -0.3 is 27.4 Å². The molecule has 0 unspecified atom stereocenters. The lowest BCUT2D eigenvalue weighted by atomic mass is 10.0. The molecule has 0 saturated heterocycles. The van der Waals surface area contributed by atoms with Crippen LogP contribution in [-0.2, 0) is 0 Å². The Morgan fingerprint density at radius 2 is 0.394 bits per heavy atom. The average molecular weight is 1200 g/mol. The Hall–Kier alpha value is -12.6. The largest absolute Gasteiger partial charge is 0.309 e. The van der Waals surface area contributed by atoms with E-state index < -0.39 is 0 Å². The number of hydrogen-bond acceptors (Lipinski definition) is 0. The number of nitrogens with zero attached hydrogens (tertiary/aromatic N) is 6. The van der Waals surface area contributed by atoms with E-state index in [2.05, 4.69) is 355 Å². The van der Waals surface area contributed by atoms with Crippen molar-refractivity contribution >= 4 is 142 Å². The van der Waals surface area contributed by atoms with Crippen molar-refractivity contribution < 1.29 is 0 Å². The third kappa shape index (κ3) is 7.24. The fourth-order valence-corrected chi connectivity index (χ4v) is 16.3. The van der Waals surface area contributed by atoms with Crippen molar-refractivity contribution in [3.8, 4) is 45.3 Å². The van der Waals surface area contributed by atoms with Gasteiger partial charge in [-0.05, 0) is 174 Å². The van der Waals surface area contributed by atoms with Crippen molar-refractivity contribution in [1.82, 2.24) is 27.4 Å². The number of fused-ring (bicyclic) bond motifs is 19. The van der Waals surface area contributed by atoms with Gasteiger partial charge in [0, 0.05) is 98.8 Å². The molecule has 6 heteroatoms. The van der Waals surface area contributed by atoms with Crippen LogP contribution in [0.4, 0.5) is 0 Å². The molecule has 0 radical (unpaired) electrons. The van der Waals surface area contributed by atoms with Crippen LogP contribution in [0.2, 0.25) is 0 Å². The van der Waals surface area contributed by atoms with Crippen LogP contribution < -0.4 is 0 Å². The van der Waals surface area contributed by atoms with Crippen molar-refractivity contribution in [2.24, 2.45) is 0 Å². The monoisotopic (exact) mass is 1190 g/mol. The molecule has 6 aromatic heterocycles. The lowest BCUT2D eigenvalue weighted by Gasteiger charge is -2.12. The second kappa shape index (κ2) is 19.4. The van der Waals surface area contributed by atoms with E-state index in [1.54, 1.807) is 0 Å². The highest BCUT2D eigenvalue weighted by Crippen LogP contribution is 2.44. The van der Waals surface area contributed by atoms with Crippen LogP contribution in [0.25, 0.3) is 187 Å². The maximum Gasteiger partial charge on any atom is 0.0561 e. The normalized spacial score (nSPS) is 12.3. The molecule has 0 fully saturated rings. The van der Waals surface area contributed by atoms with Gasteiger partial charge >= 0.3 is 0 Å². The van der Waals surface area contributed by atoms with E-state index in [1.165, 1.54) is 131 Å². The summed E-state index contributed by atoms with van der Waals surface area (Å²) in [5.41, 5.74) is 23.2. The predicted molar refractivity (Wildman–Crippen MR) is 395 cm³/mol. The minimum Gasteiger partial charge on any atom is -0.309 e. The molecule has 436 valence electrons. The molecule has 0 N–H and O–H groups in total. The van der Waals surface area contributed by atoms with Gasteiger partial charge in [-0.2, -0.15) is 0 Å². The van der Waals surface area contributed by atoms with Crippen LogP contribution >= 0.6 is 0 Å². The van der Waals surface area contributed by atoms with Crippen LogP contribution in [0.1, 0.15) is 0 Å². The number of rotatable bonds is 7. The summed E-state index contributed by atoms with van der Waals surface area (Å²) >= 11 is 0. The number of benzene rings is 15. The maximum absolute atomic E-state index is 2.48. The standard InChI is InChI=1S/C88H54N6/c1-2-20-59(21-3-1)89-77-28-12-8-24-67(77)71-42-38-64(54-88(71)89)94-84-44-36-58(50-73(84)76-53-63(41-47-87(76)94)91-78-29-13-6-22-65(78)66-23-7-14-30-79(66)91)57-35-43-83-72(49-57)68-25-9-15-31-80(68)92(83)61-40-46-86-75(51-61)70-27-11-17-33-82(70)93(86)62-39-45-85-74(52-62)69-26-10-16-32-81(69)90(85)60-37-34-55-18-4-5-19-56(55)48-60/h1-54H. The van der Waals surface area contributed by atoms with Gasteiger partial charge in [-0.15, -0.1) is 0 Å². The number of aromatic nitrogens is 6. The molecule has 0 saturated carbocycles. The summed E-state index contributed by atoms with van der Waals surface area (Å²) in [5, 5.41) is 17.1. The lowest BCUT2D eigenvalue weighted by molar-refractivity contribution is 1.15. The first-order valence-corrected chi connectivity index (χ1v) is 32.4. The zero-order chi connectivity index (χ0) is 61.3. The fraction of sp³-hybridized carbons (Fsp3) is 0. The van der Waals surface area contributed by atoms with Gasteiger partial charge in [0.15, 0.2) is 0 Å². The minimum atomic E-state index is 1.11. The van der Waals surface area contributed by atoms with Crippen molar-refractivity contribution in [1.29, 1.82) is 0 Å². The lowest BCUT2D eigenvalue weighted by Crippen LogP contribution is -1.97. The fourth-order valence-electron chi connectivity index (χ4n) is 16.3. The van der Waals surface area contributed by atoms with E-state index in [4.69, 9.17) is 0 Å². The topological polar surface area (TPSA) is 29.6 Å². The molecule has 0 aliphatic heterocycles. The Balaban J connectivity index is 0.721. The molecule has 94 heavy (non-hydrogen) atoms. The molecule has 0 aliphatic rings. The first kappa shape index (κ1) is 51.1. The van der Waals surface area contributed by atoms with Gasteiger partial charge in [-0.25, -0.2) is 0 Å². The van der Waals surface area contributed by atoms with E-state index in [1.807, 2.05) is 0 Å². The smallest absolute Gasteiger partial charge is 0.0561 e. The zero-order valence-corrected chi connectivity index (χ0v) is 50.9. The van der Waals surface area contributed by atoms with Crippen LogP contribution in [0, 0.1) is 0 Å². The Morgan fingerprint density at radius 3 is 0.830 bits per heavy atom. The molecular weight excluding hydrogens is 1140 g/mol. The summed E-state index contributed by atoms with van der Waals surface area (Å²) < 4.78 is 14.7. The van der Waals surface area contributed by atoms with E-state index in [0.717, 1.165) is 56.2 Å². The molecule has 6 heterocycles. The Kier molecular flexibility index (Phi) is 10.6. The molecule has 0 bridgehead atoms. The predicted octanol–water partition coefficient (Wildman–Crippen LogP) is 23.1. The number of para-hydroxylation sites is 7. The summed E-state index contributed by atoms with van der Waals surface area (Å²) in [6.45, 7) is 0. The molecule has 0 aliphatic carbocycles. The molecule has 15 aromatic carbocycles. The van der Waals surface area contributed by atoms with E-state index >= 15 is 0 Å². The van der Waals surface area contributed by atoms with Crippen LogP contribution in [-0.4, -0.2) is 27.4 Å². The molecule has 21 rings (SSSR count). The van der Waals surface area contributed by atoms with Crippen LogP contribution in [0.15, 0.2) is 328 Å². The van der Waals surface area contributed by atoms with Crippen LogP contribution in [0.3, 0.4) is 0 Å². The first-order chi connectivity index (χ1) is 46.6. The summed E-state index contributed by atoms with van der Waals surface area (Å²) in [7, 11) is 0. The van der Waals surface area contributed by atoms with Gasteiger partial charge in [0.1, 0.15) is 0 Å². The van der Waals surface area contributed by atoms with Crippen molar-refractivity contribution in [3.05, 3.63) is 328 Å².